The van der Waals surface area contributed by atoms with E-state index < -0.39 is 0 Å². The van der Waals surface area contributed by atoms with Crippen molar-refractivity contribution in [2.75, 3.05) is 13.9 Å². The van der Waals surface area contributed by atoms with E-state index in [0.29, 0.717) is 16.9 Å². The summed E-state index contributed by atoms with van der Waals surface area (Å²) in [6.07, 6.45) is 0. The number of aromatic hydroxyl groups is 1. The molecule has 0 bridgehead atoms. The van der Waals surface area contributed by atoms with Crippen molar-refractivity contribution >= 4 is 5.78 Å². The van der Waals surface area contributed by atoms with Gasteiger partial charge in [-0.2, -0.15) is 0 Å². The molecule has 1 aromatic carbocycles. The van der Waals surface area contributed by atoms with Gasteiger partial charge < -0.3 is 14.6 Å². The first-order valence-electron chi connectivity index (χ1n) is 4.52. The Morgan fingerprint density at radius 3 is 2.60 bits per heavy atom. The van der Waals surface area contributed by atoms with Gasteiger partial charge in [0.25, 0.3) is 0 Å². The van der Waals surface area contributed by atoms with E-state index in [1.54, 1.807) is 13.0 Å². The first kappa shape index (κ1) is 11.5. The highest BCUT2D eigenvalue weighted by Gasteiger charge is 2.11. The average Bonchev–Trinajstić information content (AvgIpc) is 2.12. The molecule has 4 heteroatoms. The van der Waals surface area contributed by atoms with Crippen molar-refractivity contribution in [3.05, 3.63) is 23.3 Å². The fourth-order valence-electron chi connectivity index (χ4n) is 1.40. The minimum absolute atomic E-state index is 0.0615. The molecule has 82 valence electrons. The van der Waals surface area contributed by atoms with Gasteiger partial charge in [0.05, 0.1) is 5.56 Å². The van der Waals surface area contributed by atoms with Crippen molar-refractivity contribution in [2.24, 2.45) is 0 Å². The summed E-state index contributed by atoms with van der Waals surface area (Å²) in [6.45, 7) is 3.27. The van der Waals surface area contributed by atoms with E-state index >= 15 is 0 Å². The number of ketones is 1. The van der Waals surface area contributed by atoms with Crippen molar-refractivity contribution in [1.29, 1.82) is 0 Å². The van der Waals surface area contributed by atoms with Crippen LogP contribution in [0.4, 0.5) is 0 Å². The van der Waals surface area contributed by atoms with Crippen molar-refractivity contribution < 1.29 is 19.4 Å². The van der Waals surface area contributed by atoms with Crippen LogP contribution in [0.2, 0.25) is 0 Å². The van der Waals surface area contributed by atoms with Gasteiger partial charge >= 0.3 is 0 Å². The molecule has 0 fully saturated rings. The molecule has 4 nitrogen and oxygen atoms in total. The van der Waals surface area contributed by atoms with Crippen LogP contribution in [0.1, 0.15) is 22.8 Å². The fourth-order valence-corrected chi connectivity index (χ4v) is 1.40. The van der Waals surface area contributed by atoms with E-state index in [2.05, 4.69) is 0 Å². The maximum Gasteiger partial charge on any atom is 0.188 e. The van der Waals surface area contributed by atoms with Crippen LogP contribution >= 0.6 is 0 Å². The van der Waals surface area contributed by atoms with Crippen molar-refractivity contribution in [3.8, 4) is 11.5 Å². The number of ether oxygens (including phenoxy) is 2. The molecule has 0 aromatic heterocycles. The van der Waals surface area contributed by atoms with E-state index in [0.717, 1.165) is 0 Å². The zero-order chi connectivity index (χ0) is 11.4. The average molecular weight is 210 g/mol. The molecule has 0 aliphatic rings. The summed E-state index contributed by atoms with van der Waals surface area (Å²) < 4.78 is 9.89. The van der Waals surface area contributed by atoms with Gasteiger partial charge in [-0.1, -0.05) is 0 Å². The molecule has 0 radical (unpaired) electrons. The largest absolute Gasteiger partial charge is 0.507 e. The van der Waals surface area contributed by atoms with Crippen molar-refractivity contribution in [3.63, 3.8) is 0 Å². The number of hydrogen-bond donors (Lipinski definition) is 1. The third-order valence-electron chi connectivity index (χ3n) is 1.98. The fraction of sp³-hybridized carbons (Fsp3) is 0.364. The van der Waals surface area contributed by atoms with Crippen LogP contribution in [0.25, 0.3) is 0 Å². The lowest BCUT2D eigenvalue weighted by molar-refractivity contribution is 0.0509. The van der Waals surface area contributed by atoms with Crippen molar-refractivity contribution in [2.45, 2.75) is 13.8 Å². The smallest absolute Gasteiger partial charge is 0.188 e. The molecule has 0 amide bonds. The van der Waals surface area contributed by atoms with Gasteiger partial charge in [0, 0.05) is 13.2 Å². The van der Waals surface area contributed by atoms with Crippen molar-refractivity contribution in [1.82, 2.24) is 0 Å². The summed E-state index contributed by atoms with van der Waals surface area (Å²) in [5, 5.41) is 9.60. The number of Topliss-reactive ketones (excluding diaryl/α,β-unsaturated/α-hetero) is 1. The predicted octanol–water partition coefficient (Wildman–Crippen LogP) is 1.89. The third kappa shape index (κ3) is 2.70. The van der Waals surface area contributed by atoms with E-state index in [1.165, 1.54) is 20.1 Å². The Labute approximate surface area is 88.4 Å². The number of carbonyl (C=O) groups is 1. The van der Waals surface area contributed by atoms with Crippen LogP contribution in [0.3, 0.4) is 0 Å². The standard InChI is InChI=1S/C11H14O4/c1-7-4-9(15-6-14-3)5-10(13)11(7)8(2)12/h4-5,13H,6H2,1-3H3. The molecule has 0 saturated carbocycles. The second-order valence-electron chi connectivity index (χ2n) is 3.24. The highest BCUT2D eigenvalue weighted by atomic mass is 16.7. The quantitative estimate of drug-likeness (QED) is 0.609. The number of carbonyl (C=O) groups excluding carboxylic acids is 1. The molecule has 0 spiro atoms. The normalized spacial score (nSPS) is 10.1. The number of phenols is 1. The Balaban J connectivity index is 3.03. The number of phenolic OH excluding ortho intramolecular Hbond substituents is 1. The van der Waals surface area contributed by atoms with Gasteiger partial charge in [0.1, 0.15) is 11.5 Å². The number of hydrogen-bond acceptors (Lipinski definition) is 4. The van der Waals surface area contributed by atoms with Crippen LogP contribution in [0.15, 0.2) is 12.1 Å². The molecule has 0 aliphatic carbocycles. The minimum atomic E-state index is -0.164. The summed E-state index contributed by atoms with van der Waals surface area (Å²) >= 11 is 0. The lowest BCUT2D eigenvalue weighted by atomic mass is 10.0. The molecule has 0 unspecified atom stereocenters. The second kappa shape index (κ2) is 4.79. The number of methoxy groups -OCH3 is 1. The van der Waals surface area contributed by atoms with E-state index in [9.17, 15) is 9.90 Å². The molecule has 1 N–H and O–H groups in total. The van der Waals surface area contributed by atoms with Crippen LogP contribution in [0.5, 0.6) is 11.5 Å². The maximum atomic E-state index is 11.2. The summed E-state index contributed by atoms with van der Waals surface area (Å²) in [6, 6.07) is 3.10. The topological polar surface area (TPSA) is 55.8 Å². The number of aryl methyl sites for hydroxylation is 1. The molecule has 15 heavy (non-hydrogen) atoms. The first-order chi connectivity index (χ1) is 7.06. The van der Waals surface area contributed by atoms with Gasteiger partial charge in [-0.3, -0.25) is 4.79 Å². The second-order valence-corrected chi connectivity index (χ2v) is 3.24. The van der Waals surface area contributed by atoms with Gasteiger partial charge in [0.2, 0.25) is 0 Å². The van der Waals surface area contributed by atoms with E-state index in [4.69, 9.17) is 9.47 Å². The Bertz CT molecular complexity index is 348. The third-order valence-corrected chi connectivity index (χ3v) is 1.98. The monoisotopic (exact) mass is 210 g/mol. The van der Waals surface area contributed by atoms with Gasteiger partial charge in [-0.05, 0) is 25.5 Å². The van der Waals surface area contributed by atoms with Crippen LogP contribution < -0.4 is 4.74 Å². The predicted molar refractivity (Wildman–Crippen MR) is 55.4 cm³/mol. The van der Waals surface area contributed by atoms with Crippen LogP contribution in [-0.2, 0) is 4.74 Å². The minimum Gasteiger partial charge on any atom is -0.507 e. The lowest BCUT2D eigenvalue weighted by Gasteiger charge is -2.09. The Morgan fingerprint density at radius 1 is 1.47 bits per heavy atom. The molecule has 0 heterocycles. The van der Waals surface area contributed by atoms with Gasteiger partial charge in [-0.25, -0.2) is 0 Å². The molecular formula is C11H14O4. The summed E-state index contributed by atoms with van der Waals surface area (Å²) in [5.74, 6) is 0.258. The van der Waals surface area contributed by atoms with E-state index in [-0.39, 0.29) is 18.3 Å². The highest BCUT2D eigenvalue weighted by Crippen LogP contribution is 2.27. The van der Waals surface area contributed by atoms with Crippen LogP contribution in [-0.4, -0.2) is 24.8 Å². The Morgan fingerprint density at radius 2 is 2.13 bits per heavy atom. The molecule has 1 rings (SSSR count). The van der Waals surface area contributed by atoms with Gasteiger partial charge in [-0.15, -0.1) is 0 Å². The number of benzene rings is 1. The Hall–Kier alpha value is -1.55. The SMILES string of the molecule is COCOc1cc(C)c(C(C)=O)c(O)c1. The number of rotatable bonds is 4. The summed E-state index contributed by atoms with van der Waals surface area (Å²) in [7, 11) is 1.51. The highest BCUT2D eigenvalue weighted by molar-refractivity contribution is 5.98. The maximum absolute atomic E-state index is 11.2. The molecular weight excluding hydrogens is 196 g/mol. The zero-order valence-corrected chi connectivity index (χ0v) is 9.03. The van der Waals surface area contributed by atoms with Crippen LogP contribution in [0, 0.1) is 6.92 Å². The summed E-state index contributed by atoms with van der Waals surface area (Å²) in [4.78, 5) is 11.2. The lowest BCUT2D eigenvalue weighted by Crippen LogP contribution is -2.01. The molecule has 1 aromatic rings. The van der Waals surface area contributed by atoms with E-state index in [1.807, 2.05) is 0 Å². The molecule has 0 aliphatic heterocycles. The van der Waals surface area contributed by atoms with Gasteiger partial charge in [0.15, 0.2) is 12.6 Å². The summed E-state index contributed by atoms with van der Waals surface area (Å²) in [5.41, 5.74) is 1.02. The first-order valence-corrected chi connectivity index (χ1v) is 4.52. The Kier molecular flexibility index (Phi) is 3.68. The molecule has 0 atom stereocenters. The molecule has 0 saturated heterocycles. The zero-order valence-electron chi connectivity index (χ0n) is 9.03.